The molecule has 1 saturated heterocycles. The first-order chi connectivity index (χ1) is 8.09. The fourth-order valence-electron chi connectivity index (χ4n) is 1.92. The maximum atomic E-state index is 12.0. The van der Waals surface area contributed by atoms with E-state index in [0.29, 0.717) is 12.3 Å². The number of carbonyl (C=O) groups is 1. The van der Waals surface area contributed by atoms with Gasteiger partial charge in [0, 0.05) is 19.0 Å². The fraction of sp³-hybridized carbons (Fsp3) is 0.786. The van der Waals surface area contributed by atoms with Crippen molar-refractivity contribution in [3.8, 4) is 0 Å². The molecule has 0 aromatic carbocycles. The molecule has 1 aliphatic rings. The Morgan fingerprint density at radius 2 is 2.00 bits per heavy atom. The molecule has 1 heterocycles. The van der Waals surface area contributed by atoms with Gasteiger partial charge >= 0.3 is 0 Å². The SMILES string of the molecule is CC(C)=CCCC(C)C(=O)CN1CCOCC1. The number of allylic oxidation sites excluding steroid dienone is 2. The van der Waals surface area contributed by atoms with Crippen LogP contribution in [0, 0.1) is 5.92 Å². The summed E-state index contributed by atoms with van der Waals surface area (Å²) in [7, 11) is 0. The van der Waals surface area contributed by atoms with Gasteiger partial charge in [-0.15, -0.1) is 0 Å². The van der Waals surface area contributed by atoms with Gasteiger partial charge in [0.05, 0.1) is 19.8 Å². The topological polar surface area (TPSA) is 29.5 Å². The smallest absolute Gasteiger partial charge is 0.149 e. The highest BCUT2D eigenvalue weighted by atomic mass is 16.5. The van der Waals surface area contributed by atoms with E-state index in [0.717, 1.165) is 39.1 Å². The van der Waals surface area contributed by atoms with Gasteiger partial charge in [-0.3, -0.25) is 9.69 Å². The number of hydrogen-bond acceptors (Lipinski definition) is 3. The molecular formula is C14H25NO2. The molecular weight excluding hydrogens is 214 g/mol. The average molecular weight is 239 g/mol. The number of morpholine rings is 1. The van der Waals surface area contributed by atoms with Crippen molar-refractivity contribution in [3.63, 3.8) is 0 Å². The molecule has 1 rings (SSSR count). The van der Waals surface area contributed by atoms with Crippen LogP contribution in [0.4, 0.5) is 0 Å². The van der Waals surface area contributed by atoms with Crippen LogP contribution < -0.4 is 0 Å². The van der Waals surface area contributed by atoms with Crippen molar-refractivity contribution >= 4 is 5.78 Å². The minimum absolute atomic E-state index is 0.174. The summed E-state index contributed by atoms with van der Waals surface area (Å²) in [4.78, 5) is 14.2. The van der Waals surface area contributed by atoms with E-state index in [1.54, 1.807) is 0 Å². The van der Waals surface area contributed by atoms with E-state index < -0.39 is 0 Å². The third-order valence-electron chi connectivity index (χ3n) is 3.19. The van der Waals surface area contributed by atoms with E-state index in [4.69, 9.17) is 4.74 Å². The number of hydrogen-bond donors (Lipinski definition) is 0. The molecule has 0 N–H and O–H groups in total. The minimum atomic E-state index is 0.174. The van der Waals surface area contributed by atoms with Crippen molar-refractivity contribution in [1.29, 1.82) is 0 Å². The Morgan fingerprint density at radius 1 is 1.35 bits per heavy atom. The molecule has 1 fully saturated rings. The molecule has 1 atom stereocenters. The van der Waals surface area contributed by atoms with Gasteiger partial charge in [-0.25, -0.2) is 0 Å². The van der Waals surface area contributed by atoms with Gasteiger partial charge in [-0.2, -0.15) is 0 Å². The molecule has 17 heavy (non-hydrogen) atoms. The highest BCUT2D eigenvalue weighted by Gasteiger charge is 2.18. The van der Waals surface area contributed by atoms with Crippen molar-refractivity contribution in [1.82, 2.24) is 4.90 Å². The lowest BCUT2D eigenvalue weighted by atomic mass is 9.99. The lowest BCUT2D eigenvalue weighted by Crippen LogP contribution is -2.40. The van der Waals surface area contributed by atoms with Crippen molar-refractivity contribution in [2.24, 2.45) is 5.92 Å². The molecule has 0 bridgehead atoms. The van der Waals surface area contributed by atoms with E-state index in [1.165, 1.54) is 5.57 Å². The summed E-state index contributed by atoms with van der Waals surface area (Å²) in [6, 6.07) is 0. The van der Waals surface area contributed by atoms with Crippen molar-refractivity contribution in [2.75, 3.05) is 32.8 Å². The molecule has 3 nitrogen and oxygen atoms in total. The van der Waals surface area contributed by atoms with E-state index in [-0.39, 0.29) is 5.92 Å². The van der Waals surface area contributed by atoms with Crippen molar-refractivity contribution in [3.05, 3.63) is 11.6 Å². The zero-order chi connectivity index (χ0) is 12.7. The summed E-state index contributed by atoms with van der Waals surface area (Å²) in [6.07, 6.45) is 4.19. The zero-order valence-corrected chi connectivity index (χ0v) is 11.4. The Kier molecular flexibility index (Phi) is 6.45. The lowest BCUT2D eigenvalue weighted by Gasteiger charge is -2.26. The van der Waals surface area contributed by atoms with Crippen LogP contribution in [0.15, 0.2) is 11.6 Å². The zero-order valence-electron chi connectivity index (χ0n) is 11.4. The van der Waals surface area contributed by atoms with Crippen LogP contribution >= 0.6 is 0 Å². The summed E-state index contributed by atoms with van der Waals surface area (Å²) < 4.78 is 5.27. The Labute approximate surface area is 105 Å². The van der Waals surface area contributed by atoms with E-state index >= 15 is 0 Å². The van der Waals surface area contributed by atoms with Gasteiger partial charge in [0.15, 0.2) is 0 Å². The second-order valence-electron chi connectivity index (χ2n) is 5.11. The maximum absolute atomic E-state index is 12.0. The molecule has 98 valence electrons. The van der Waals surface area contributed by atoms with E-state index in [2.05, 4.69) is 24.8 Å². The standard InChI is InChI=1S/C14H25NO2/c1-12(2)5-4-6-13(3)14(16)11-15-7-9-17-10-8-15/h5,13H,4,6-11H2,1-3H3. The summed E-state index contributed by atoms with van der Waals surface area (Å²) in [6.45, 7) is 10.2. The summed E-state index contributed by atoms with van der Waals surface area (Å²) in [5, 5.41) is 0. The summed E-state index contributed by atoms with van der Waals surface area (Å²) >= 11 is 0. The number of carbonyl (C=O) groups excluding carboxylic acids is 1. The Morgan fingerprint density at radius 3 is 2.59 bits per heavy atom. The summed E-state index contributed by atoms with van der Waals surface area (Å²) in [5.74, 6) is 0.544. The quantitative estimate of drug-likeness (QED) is 0.666. The monoisotopic (exact) mass is 239 g/mol. The number of Topliss-reactive ketones (excluding diaryl/α,β-unsaturated/α-hetero) is 1. The molecule has 1 unspecified atom stereocenters. The van der Waals surface area contributed by atoms with E-state index in [1.807, 2.05) is 6.92 Å². The largest absolute Gasteiger partial charge is 0.379 e. The normalized spacial score (nSPS) is 18.8. The maximum Gasteiger partial charge on any atom is 0.149 e. The van der Waals surface area contributed by atoms with Gasteiger partial charge in [0.1, 0.15) is 5.78 Å². The Balaban J connectivity index is 2.23. The molecule has 0 spiro atoms. The van der Waals surface area contributed by atoms with Gasteiger partial charge < -0.3 is 4.74 Å². The predicted octanol–water partition coefficient (Wildman–Crippen LogP) is 2.27. The fourth-order valence-corrected chi connectivity index (χ4v) is 1.92. The van der Waals surface area contributed by atoms with Crippen LogP contribution in [0.2, 0.25) is 0 Å². The third-order valence-corrected chi connectivity index (χ3v) is 3.19. The molecule has 0 aromatic heterocycles. The first-order valence-electron chi connectivity index (χ1n) is 6.55. The first kappa shape index (κ1) is 14.4. The van der Waals surface area contributed by atoms with Crippen LogP contribution in [0.5, 0.6) is 0 Å². The molecule has 0 aromatic rings. The molecule has 3 heteroatoms. The average Bonchev–Trinajstić information content (AvgIpc) is 2.29. The lowest BCUT2D eigenvalue weighted by molar-refractivity contribution is -0.124. The Bertz CT molecular complexity index is 263. The van der Waals surface area contributed by atoms with Gasteiger partial charge in [0.2, 0.25) is 0 Å². The molecule has 0 amide bonds. The highest BCUT2D eigenvalue weighted by Crippen LogP contribution is 2.10. The predicted molar refractivity (Wildman–Crippen MR) is 70.1 cm³/mol. The molecule has 1 aliphatic heterocycles. The minimum Gasteiger partial charge on any atom is -0.379 e. The second kappa shape index (κ2) is 7.62. The van der Waals surface area contributed by atoms with Crippen molar-refractivity contribution in [2.45, 2.75) is 33.6 Å². The van der Waals surface area contributed by atoms with Gasteiger partial charge in [0.25, 0.3) is 0 Å². The number of ketones is 1. The van der Waals surface area contributed by atoms with Crippen molar-refractivity contribution < 1.29 is 9.53 Å². The Hall–Kier alpha value is -0.670. The number of ether oxygens (including phenoxy) is 1. The highest BCUT2D eigenvalue weighted by molar-refractivity contribution is 5.82. The summed E-state index contributed by atoms with van der Waals surface area (Å²) in [5.41, 5.74) is 1.33. The van der Waals surface area contributed by atoms with Crippen LogP contribution in [0.25, 0.3) is 0 Å². The first-order valence-corrected chi connectivity index (χ1v) is 6.55. The van der Waals surface area contributed by atoms with Crippen LogP contribution in [0.3, 0.4) is 0 Å². The van der Waals surface area contributed by atoms with Crippen LogP contribution in [-0.4, -0.2) is 43.5 Å². The number of nitrogens with zero attached hydrogens (tertiary/aromatic N) is 1. The molecule has 0 radical (unpaired) electrons. The molecule has 0 saturated carbocycles. The van der Waals surface area contributed by atoms with E-state index in [9.17, 15) is 4.79 Å². The third kappa shape index (κ3) is 5.99. The number of rotatable bonds is 6. The van der Waals surface area contributed by atoms with Crippen LogP contribution in [0.1, 0.15) is 33.6 Å². The molecule has 0 aliphatic carbocycles. The van der Waals surface area contributed by atoms with Gasteiger partial charge in [-0.05, 0) is 26.7 Å². The second-order valence-corrected chi connectivity index (χ2v) is 5.11. The van der Waals surface area contributed by atoms with Crippen LogP contribution in [-0.2, 0) is 9.53 Å². The van der Waals surface area contributed by atoms with Gasteiger partial charge in [-0.1, -0.05) is 18.6 Å².